The van der Waals surface area contributed by atoms with E-state index in [0.29, 0.717) is 36.6 Å². The van der Waals surface area contributed by atoms with Gasteiger partial charge in [0.2, 0.25) is 11.8 Å². The number of aromatic nitrogens is 1. The van der Waals surface area contributed by atoms with Gasteiger partial charge in [0.05, 0.1) is 31.3 Å². The fraction of sp³-hybridized carbons (Fsp3) is 0.393. The van der Waals surface area contributed by atoms with Crippen LogP contribution in [0, 0.1) is 12.7 Å². The van der Waals surface area contributed by atoms with Crippen LogP contribution in [0.15, 0.2) is 48.0 Å². The molecule has 37 heavy (non-hydrogen) atoms. The number of hydrogen-bond donors (Lipinski definition) is 1. The summed E-state index contributed by atoms with van der Waals surface area (Å²) in [7, 11) is 1.58. The van der Waals surface area contributed by atoms with Gasteiger partial charge in [-0.15, -0.1) is 11.3 Å². The molecule has 0 unspecified atom stereocenters. The minimum atomic E-state index is -0.569. The van der Waals surface area contributed by atoms with Crippen molar-refractivity contribution in [2.75, 3.05) is 20.3 Å². The number of carbonyl (C=O) groups is 2. The van der Waals surface area contributed by atoms with E-state index in [1.165, 1.54) is 17.0 Å². The number of rotatable bonds is 10. The highest BCUT2D eigenvalue weighted by atomic mass is 32.1. The highest BCUT2D eigenvalue weighted by Crippen LogP contribution is 2.30. The molecule has 1 atom stereocenters. The molecule has 3 aromatic rings. The van der Waals surface area contributed by atoms with E-state index in [9.17, 15) is 14.0 Å². The highest BCUT2D eigenvalue weighted by Gasteiger charge is 2.31. The molecule has 1 fully saturated rings. The molecule has 0 radical (unpaired) electrons. The van der Waals surface area contributed by atoms with Gasteiger partial charge in [-0.1, -0.05) is 18.2 Å². The zero-order chi connectivity index (χ0) is 26.2. The predicted molar refractivity (Wildman–Crippen MR) is 140 cm³/mol. The van der Waals surface area contributed by atoms with Crippen molar-refractivity contribution in [3.8, 4) is 11.5 Å². The van der Waals surface area contributed by atoms with E-state index in [1.54, 1.807) is 35.5 Å². The quantitative estimate of drug-likeness (QED) is 0.423. The monoisotopic (exact) mass is 525 g/mol. The third kappa shape index (κ3) is 7.07. The molecule has 0 aliphatic carbocycles. The van der Waals surface area contributed by atoms with E-state index in [4.69, 9.17) is 9.47 Å². The van der Waals surface area contributed by atoms with Gasteiger partial charge >= 0.3 is 0 Å². The third-order valence-corrected chi connectivity index (χ3v) is 7.48. The first-order valence-corrected chi connectivity index (χ1v) is 13.3. The molecule has 0 spiro atoms. The van der Waals surface area contributed by atoms with Crippen LogP contribution in [0.3, 0.4) is 0 Å². The smallest absolute Gasteiger partial charge is 0.242 e. The number of thiazole rings is 1. The van der Waals surface area contributed by atoms with Gasteiger partial charge in [-0.25, -0.2) is 9.37 Å². The summed E-state index contributed by atoms with van der Waals surface area (Å²) in [6.45, 7) is 3.33. The van der Waals surface area contributed by atoms with Gasteiger partial charge in [0, 0.05) is 24.4 Å². The second kappa shape index (κ2) is 12.7. The molecular weight excluding hydrogens is 493 g/mol. The molecule has 9 heteroatoms. The first kappa shape index (κ1) is 26.6. The van der Waals surface area contributed by atoms with Crippen LogP contribution in [0.5, 0.6) is 11.5 Å². The summed E-state index contributed by atoms with van der Waals surface area (Å²) in [5.74, 6) is 0.496. The molecule has 1 aliphatic heterocycles. The summed E-state index contributed by atoms with van der Waals surface area (Å²) in [4.78, 5) is 33.4. The normalized spacial score (nSPS) is 15.5. The van der Waals surface area contributed by atoms with Crippen molar-refractivity contribution in [3.63, 3.8) is 0 Å². The van der Waals surface area contributed by atoms with Gasteiger partial charge in [0.1, 0.15) is 11.9 Å². The Hall–Kier alpha value is -3.46. The minimum absolute atomic E-state index is 0.0827. The van der Waals surface area contributed by atoms with Gasteiger partial charge in [-0.2, -0.15) is 0 Å². The molecule has 2 aromatic carbocycles. The molecule has 2 heterocycles. The average molecular weight is 526 g/mol. The topological polar surface area (TPSA) is 80.8 Å². The highest BCUT2D eigenvalue weighted by molar-refractivity contribution is 7.09. The number of aryl methyl sites for hydroxylation is 1. The Morgan fingerprint density at radius 3 is 2.68 bits per heavy atom. The predicted octanol–water partition coefficient (Wildman–Crippen LogP) is 4.46. The van der Waals surface area contributed by atoms with E-state index < -0.39 is 6.04 Å². The molecule has 2 amide bonds. The number of amides is 2. The van der Waals surface area contributed by atoms with Crippen LogP contribution in [-0.4, -0.2) is 48.0 Å². The molecule has 4 rings (SSSR count). The van der Waals surface area contributed by atoms with Crippen LogP contribution in [0.25, 0.3) is 0 Å². The van der Waals surface area contributed by atoms with Crippen LogP contribution in [0.2, 0.25) is 0 Å². The van der Waals surface area contributed by atoms with Crippen molar-refractivity contribution in [3.05, 3.63) is 75.5 Å². The lowest BCUT2D eigenvalue weighted by Gasteiger charge is -2.30. The maximum Gasteiger partial charge on any atom is 0.242 e. The molecule has 1 N–H and O–H groups in total. The average Bonchev–Trinajstić information content (AvgIpc) is 3.18. The summed E-state index contributed by atoms with van der Waals surface area (Å²) in [5.41, 5.74) is 4.37. The van der Waals surface area contributed by atoms with Crippen LogP contribution in [0.1, 0.15) is 41.0 Å². The van der Waals surface area contributed by atoms with Crippen LogP contribution in [-0.2, 0) is 29.0 Å². The molecule has 7 nitrogen and oxygen atoms in total. The lowest BCUT2D eigenvalue weighted by molar-refractivity contribution is -0.140. The Kier molecular flexibility index (Phi) is 9.11. The summed E-state index contributed by atoms with van der Waals surface area (Å²) >= 11 is 1.61. The van der Waals surface area contributed by atoms with Gasteiger partial charge in [-0.05, 0) is 61.6 Å². The standard InChI is InChI=1S/C28H32FN3O4S/c1-19-26(37-18-31-19)12-14-36-24-11-8-21(15-25(24)35-2)17-32(23-5-3-4-13-30-28(23)34)27(33)16-20-6-9-22(29)10-7-20/h6-11,15,18,23H,3-5,12-14,16-17H2,1-2H3,(H,30,34)/t23-/m0/s1. The Bertz CT molecular complexity index is 1210. The lowest BCUT2D eigenvalue weighted by atomic mass is 10.0. The fourth-order valence-electron chi connectivity index (χ4n) is 4.42. The first-order valence-electron chi connectivity index (χ1n) is 12.4. The maximum absolute atomic E-state index is 13.5. The Morgan fingerprint density at radius 1 is 1.16 bits per heavy atom. The summed E-state index contributed by atoms with van der Waals surface area (Å²) < 4.78 is 24.9. The molecule has 196 valence electrons. The van der Waals surface area contributed by atoms with Crippen molar-refractivity contribution in [1.82, 2.24) is 15.2 Å². The van der Waals surface area contributed by atoms with Gasteiger partial charge in [0.15, 0.2) is 11.5 Å². The van der Waals surface area contributed by atoms with Crippen molar-refractivity contribution in [2.45, 2.75) is 51.6 Å². The zero-order valence-corrected chi connectivity index (χ0v) is 22.0. The van der Waals surface area contributed by atoms with E-state index in [2.05, 4.69) is 10.3 Å². The lowest BCUT2D eigenvalue weighted by Crippen LogP contribution is -2.48. The number of halogens is 1. The largest absolute Gasteiger partial charge is 0.493 e. The van der Waals surface area contributed by atoms with Crippen molar-refractivity contribution in [2.24, 2.45) is 0 Å². The summed E-state index contributed by atoms with van der Waals surface area (Å²) in [5, 5.41) is 2.93. The number of methoxy groups -OCH3 is 1. The Morgan fingerprint density at radius 2 is 1.95 bits per heavy atom. The van der Waals surface area contributed by atoms with Gasteiger partial charge < -0.3 is 19.7 Å². The van der Waals surface area contributed by atoms with Crippen molar-refractivity contribution in [1.29, 1.82) is 0 Å². The van der Waals surface area contributed by atoms with Gasteiger partial charge in [-0.3, -0.25) is 9.59 Å². The molecular formula is C28H32FN3O4S. The zero-order valence-electron chi connectivity index (χ0n) is 21.2. The van der Waals surface area contributed by atoms with E-state index in [0.717, 1.165) is 30.5 Å². The van der Waals surface area contributed by atoms with Crippen LogP contribution >= 0.6 is 11.3 Å². The summed E-state index contributed by atoms with van der Waals surface area (Å²) in [6, 6.07) is 10.9. The van der Waals surface area contributed by atoms with Crippen LogP contribution < -0.4 is 14.8 Å². The maximum atomic E-state index is 13.5. The Balaban J connectivity index is 1.50. The first-order chi connectivity index (χ1) is 17.9. The number of ether oxygens (including phenoxy) is 2. The molecule has 1 saturated heterocycles. The van der Waals surface area contributed by atoms with E-state index in [1.807, 2.05) is 30.6 Å². The molecule has 0 bridgehead atoms. The molecule has 0 saturated carbocycles. The number of hydrogen-bond acceptors (Lipinski definition) is 6. The number of nitrogens with one attached hydrogen (secondary N) is 1. The number of carbonyl (C=O) groups excluding carboxylic acids is 2. The molecule has 1 aromatic heterocycles. The number of nitrogens with zero attached hydrogens (tertiary/aromatic N) is 2. The van der Waals surface area contributed by atoms with Crippen molar-refractivity contribution >= 4 is 23.2 Å². The number of benzene rings is 2. The minimum Gasteiger partial charge on any atom is -0.493 e. The third-order valence-electron chi connectivity index (χ3n) is 6.48. The van der Waals surface area contributed by atoms with E-state index >= 15 is 0 Å². The second-order valence-corrected chi connectivity index (χ2v) is 10.0. The SMILES string of the molecule is COc1cc(CN(C(=O)Cc2ccc(F)cc2)[C@H]2CCCCNC2=O)ccc1OCCc1scnc1C. The fourth-order valence-corrected chi connectivity index (χ4v) is 5.18. The van der Waals surface area contributed by atoms with Crippen LogP contribution in [0.4, 0.5) is 4.39 Å². The van der Waals surface area contributed by atoms with Gasteiger partial charge in [0.25, 0.3) is 0 Å². The van der Waals surface area contributed by atoms with Crippen molar-refractivity contribution < 1.29 is 23.5 Å². The molecule has 1 aliphatic rings. The Labute approximate surface area is 220 Å². The summed E-state index contributed by atoms with van der Waals surface area (Å²) in [6.07, 6.45) is 3.15. The second-order valence-electron chi connectivity index (χ2n) is 9.07. The van der Waals surface area contributed by atoms with E-state index in [-0.39, 0.29) is 30.6 Å².